The Bertz CT molecular complexity index is 407. The molecule has 0 aliphatic carbocycles. The average molecular weight is 233 g/mol. The number of pyridine rings is 1. The fourth-order valence-corrected chi connectivity index (χ4v) is 1.26. The van der Waals surface area contributed by atoms with Gasteiger partial charge in [0.15, 0.2) is 0 Å². The van der Waals surface area contributed by atoms with E-state index in [1.807, 2.05) is 0 Å². The molecule has 0 amide bonds. The highest BCUT2D eigenvalue weighted by atomic mass is 19.3. The van der Waals surface area contributed by atoms with Crippen LogP contribution in [0, 0.1) is 12.7 Å². The van der Waals surface area contributed by atoms with Crippen LogP contribution in [-0.4, -0.2) is 18.1 Å². The van der Waals surface area contributed by atoms with E-state index in [1.165, 1.54) is 6.92 Å². The summed E-state index contributed by atoms with van der Waals surface area (Å²) < 4.78 is 42.6. The van der Waals surface area contributed by atoms with Crippen LogP contribution in [0.25, 0.3) is 0 Å². The van der Waals surface area contributed by atoms with Gasteiger partial charge < -0.3 is 4.74 Å². The van der Waals surface area contributed by atoms with E-state index in [2.05, 4.69) is 9.72 Å². The number of carbonyl (C=O) groups is 1. The van der Waals surface area contributed by atoms with Gasteiger partial charge in [0.1, 0.15) is 11.5 Å². The van der Waals surface area contributed by atoms with Gasteiger partial charge >= 0.3 is 5.97 Å². The first-order valence-corrected chi connectivity index (χ1v) is 4.46. The number of ether oxygens (including phenoxy) is 1. The molecule has 0 N–H and O–H groups in total. The lowest BCUT2D eigenvalue weighted by molar-refractivity contribution is -0.139. The first-order chi connectivity index (χ1) is 7.47. The molecule has 1 aromatic rings. The Labute approximate surface area is 90.2 Å². The Morgan fingerprint density at radius 3 is 2.69 bits per heavy atom. The summed E-state index contributed by atoms with van der Waals surface area (Å²) in [6, 6.07) is 0. The van der Waals surface area contributed by atoms with Crippen LogP contribution >= 0.6 is 0 Å². The maximum atomic E-state index is 13.1. The first kappa shape index (κ1) is 12.5. The van der Waals surface area contributed by atoms with Crippen LogP contribution in [0.15, 0.2) is 6.20 Å². The second-order valence-corrected chi connectivity index (χ2v) is 3.15. The van der Waals surface area contributed by atoms with Crippen molar-refractivity contribution < 1.29 is 22.7 Å². The molecule has 0 atom stereocenters. The van der Waals surface area contributed by atoms with Crippen LogP contribution < -0.4 is 0 Å². The third kappa shape index (κ3) is 2.50. The van der Waals surface area contributed by atoms with Crippen molar-refractivity contribution in [1.29, 1.82) is 0 Å². The second kappa shape index (κ2) is 4.96. The summed E-state index contributed by atoms with van der Waals surface area (Å²) in [5.74, 6) is -1.43. The maximum absolute atomic E-state index is 13.1. The van der Waals surface area contributed by atoms with Gasteiger partial charge in [-0.05, 0) is 18.1 Å². The van der Waals surface area contributed by atoms with Gasteiger partial charge in [0, 0.05) is 0 Å². The summed E-state index contributed by atoms with van der Waals surface area (Å²) in [5, 5.41) is 0. The number of halogens is 3. The minimum Gasteiger partial charge on any atom is -0.469 e. The maximum Gasteiger partial charge on any atom is 0.310 e. The predicted molar refractivity (Wildman–Crippen MR) is 49.6 cm³/mol. The highest BCUT2D eigenvalue weighted by Crippen LogP contribution is 2.25. The number of hydrogen-bond acceptors (Lipinski definition) is 3. The Balaban J connectivity index is 3.20. The topological polar surface area (TPSA) is 39.2 Å². The Kier molecular flexibility index (Phi) is 3.87. The van der Waals surface area contributed by atoms with Gasteiger partial charge in [-0.1, -0.05) is 0 Å². The van der Waals surface area contributed by atoms with E-state index in [4.69, 9.17) is 0 Å². The van der Waals surface area contributed by atoms with E-state index in [-0.39, 0.29) is 11.1 Å². The largest absolute Gasteiger partial charge is 0.469 e. The lowest BCUT2D eigenvalue weighted by Crippen LogP contribution is -2.11. The van der Waals surface area contributed by atoms with E-state index >= 15 is 0 Å². The van der Waals surface area contributed by atoms with Crippen molar-refractivity contribution in [1.82, 2.24) is 4.98 Å². The average Bonchev–Trinajstić information content (AvgIpc) is 2.24. The van der Waals surface area contributed by atoms with Crippen LogP contribution in [0.1, 0.15) is 23.2 Å². The fraction of sp³-hybridized carbons (Fsp3) is 0.400. The van der Waals surface area contributed by atoms with Crippen molar-refractivity contribution in [3.63, 3.8) is 0 Å². The number of rotatable bonds is 3. The molecule has 16 heavy (non-hydrogen) atoms. The zero-order chi connectivity index (χ0) is 12.3. The molecule has 0 unspecified atom stereocenters. The molecule has 0 saturated carbocycles. The van der Waals surface area contributed by atoms with Crippen LogP contribution in [0.2, 0.25) is 0 Å². The minimum absolute atomic E-state index is 0.00398. The molecule has 0 aliphatic rings. The number of esters is 1. The van der Waals surface area contributed by atoms with Gasteiger partial charge in [0.2, 0.25) is 0 Å². The fourth-order valence-electron chi connectivity index (χ4n) is 1.26. The zero-order valence-corrected chi connectivity index (χ0v) is 8.76. The molecule has 88 valence electrons. The van der Waals surface area contributed by atoms with E-state index in [1.54, 1.807) is 0 Å². The van der Waals surface area contributed by atoms with Crippen LogP contribution in [0.5, 0.6) is 0 Å². The smallest absolute Gasteiger partial charge is 0.310 e. The predicted octanol–water partition coefficient (Wildman–Crippen LogP) is 2.18. The first-order valence-electron chi connectivity index (χ1n) is 4.46. The van der Waals surface area contributed by atoms with E-state index in [9.17, 15) is 18.0 Å². The summed E-state index contributed by atoms with van der Waals surface area (Å²) >= 11 is 0. The molecule has 1 aromatic heterocycles. The number of hydrogen-bond donors (Lipinski definition) is 0. The molecule has 0 radical (unpaired) electrons. The van der Waals surface area contributed by atoms with E-state index in [0.29, 0.717) is 0 Å². The van der Waals surface area contributed by atoms with Crippen molar-refractivity contribution >= 4 is 5.97 Å². The number of aromatic nitrogens is 1. The van der Waals surface area contributed by atoms with Gasteiger partial charge in [0.05, 0.1) is 19.7 Å². The summed E-state index contributed by atoms with van der Waals surface area (Å²) in [7, 11) is 1.13. The van der Waals surface area contributed by atoms with E-state index in [0.717, 1.165) is 13.3 Å². The summed E-state index contributed by atoms with van der Waals surface area (Å²) in [5.41, 5.74) is -0.693. The monoisotopic (exact) mass is 233 g/mol. The zero-order valence-electron chi connectivity index (χ0n) is 8.76. The summed E-state index contributed by atoms with van der Waals surface area (Å²) in [4.78, 5) is 14.3. The van der Waals surface area contributed by atoms with Crippen molar-refractivity contribution in [2.24, 2.45) is 0 Å². The number of carbonyl (C=O) groups excluding carboxylic acids is 1. The highest BCUT2D eigenvalue weighted by molar-refractivity contribution is 5.73. The number of nitrogens with zero attached hydrogens (tertiary/aromatic N) is 1. The molecule has 0 fully saturated rings. The molecular formula is C10H10F3NO2. The standard InChI is InChI=1S/C10H10F3NO2/c1-5-6(3-8(15)16-2)9(10(12)13)14-4-7(5)11/h4,10H,3H2,1-2H3. The second-order valence-electron chi connectivity index (χ2n) is 3.15. The lowest BCUT2D eigenvalue weighted by atomic mass is 10.0. The molecule has 0 aliphatic heterocycles. The molecule has 0 saturated heterocycles. The minimum atomic E-state index is -2.85. The molecule has 1 rings (SSSR count). The van der Waals surface area contributed by atoms with Crippen molar-refractivity contribution in [3.05, 3.63) is 28.8 Å². The normalized spacial score (nSPS) is 10.6. The van der Waals surface area contributed by atoms with Crippen LogP contribution in [0.4, 0.5) is 13.2 Å². The molecule has 0 spiro atoms. The molecule has 0 bridgehead atoms. The summed E-state index contributed by atoms with van der Waals surface area (Å²) in [6.45, 7) is 1.32. The Morgan fingerprint density at radius 1 is 1.56 bits per heavy atom. The van der Waals surface area contributed by atoms with Crippen LogP contribution in [-0.2, 0) is 16.0 Å². The molecule has 6 heteroatoms. The highest BCUT2D eigenvalue weighted by Gasteiger charge is 2.21. The third-order valence-corrected chi connectivity index (χ3v) is 2.19. The molecule has 0 aromatic carbocycles. The van der Waals surface area contributed by atoms with Crippen LogP contribution in [0.3, 0.4) is 0 Å². The van der Waals surface area contributed by atoms with Crippen molar-refractivity contribution in [2.45, 2.75) is 19.8 Å². The van der Waals surface area contributed by atoms with Gasteiger partial charge in [-0.3, -0.25) is 9.78 Å². The quantitative estimate of drug-likeness (QED) is 0.751. The van der Waals surface area contributed by atoms with Gasteiger partial charge in [-0.2, -0.15) is 0 Å². The third-order valence-electron chi connectivity index (χ3n) is 2.19. The Hall–Kier alpha value is -1.59. The molecular weight excluding hydrogens is 223 g/mol. The lowest BCUT2D eigenvalue weighted by Gasteiger charge is -2.10. The van der Waals surface area contributed by atoms with Gasteiger partial charge in [-0.25, -0.2) is 13.2 Å². The van der Waals surface area contributed by atoms with Crippen molar-refractivity contribution in [3.8, 4) is 0 Å². The van der Waals surface area contributed by atoms with Gasteiger partial charge in [-0.15, -0.1) is 0 Å². The summed E-state index contributed by atoms with van der Waals surface area (Å²) in [6.07, 6.45) is -2.54. The molecule has 3 nitrogen and oxygen atoms in total. The van der Waals surface area contributed by atoms with Gasteiger partial charge in [0.25, 0.3) is 6.43 Å². The SMILES string of the molecule is COC(=O)Cc1c(C(F)F)ncc(F)c1C. The van der Waals surface area contributed by atoms with Crippen molar-refractivity contribution in [2.75, 3.05) is 7.11 Å². The molecule has 1 heterocycles. The number of methoxy groups -OCH3 is 1. The number of alkyl halides is 2. The van der Waals surface area contributed by atoms with E-state index < -0.39 is 30.3 Å². The Morgan fingerprint density at radius 2 is 2.19 bits per heavy atom.